The predicted octanol–water partition coefficient (Wildman–Crippen LogP) is 2.28. The Kier molecular flexibility index (Phi) is 2.95. The maximum atomic E-state index is 12.4. The van der Waals surface area contributed by atoms with Crippen molar-refractivity contribution in [3.8, 4) is 5.75 Å². The summed E-state index contributed by atoms with van der Waals surface area (Å²) in [4.78, 5) is 29.8. The molecule has 0 saturated carbocycles. The van der Waals surface area contributed by atoms with Crippen LogP contribution in [0.4, 0.5) is 5.69 Å². The Morgan fingerprint density at radius 2 is 1.85 bits per heavy atom. The number of fused-ring (bicyclic) bond motifs is 1. The largest absolute Gasteiger partial charge is 0.492 e. The van der Waals surface area contributed by atoms with Crippen LogP contribution in [0.1, 0.15) is 27.6 Å². The number of pyridine rings is 1. The molecule has 3 rings (SSSR count). The number of para-hydroxylation sites is 2. The molecule has 0 radical (unpaired) electrons. The number of imide groups is 1. The Bertz CT molecular complexity index is 662. The van der Waals surface area contributed by atoms with Crippen molar-refractivity contribution in [2.45, 2.75) is 6.92 Å². The van der Waals surface area contributed by atoms with Gasteiger partial charge < -0.3 is 4.74 Å². The molecule has 100 valence electrons. The molecule has 0 saturated heterocycles. The van der Waals surface area contributed by atoms with Gasteiger partial charge in [0.1, 0.15) is 5.75 Å². The summed E-state index contributed by atoms with van der Waals surface area (Å²) in [7, 11) is 0. The third kappa shape index (κ3) is 1.75. The lowest BCUT2D eigenvalue weighted by Gasteiger charge is -2.17. The molecule has 0 N–H and O–H groups in total. The quantitative estimate of drug-likeness (QED) is 0.801. The van der Waals surface area contributed by atoms with Crippen molar-refractivity contribution in [1.29, 1.82) is 0 Å². The van der Waals surface area contributed by atoms with Gasteiger partial charge in [0.05, 0.1) is 23.4 Å². The molecule has 1 aliphatic rings. The minimum Gasteiger partial charge on any atom is -0.492 e. The van der Waals surface area contributed by atoms with Crippen LogP contribution in [-0.4, -0.2) is 23.4 Å². The van der Waals surface area contributed by atoms with Gasteiger partial charge in [-0.25, -0.2) is 4.90 Å². The Hall–Kier alpha value is -2.69. The van der Waals surface area contributed by atoms with Gasteiger partial charge in [0.25, 0.3) is 11.8 Å². The first kappa shape index (κ1) is 12.3. The second-order valence-corrected chi connectivity index (χ2v) is 4.27. The van der Waals surface area contributed by atoms with Crippen LogP contribution >= 0.6 is 0 Å². The number of aromatic nitrogens is 1. The molecule has 0 fully saturated rings. The summed E-state index contributed by atoms with van der Waals surface area (Å²) in [6, 6.07) is 8.55. The Morgan fingerprint density at radius 1 is 1.10 bits per heavy atom. The summed E-state index contributed by atoms with van der Waals surface area (Å²) in [5, 5.41) is 0. The Morgan fingerprint density at radius 3 is 2.60 bits per heavy atom. The molecular formula is C15H12N2O3. The number of rotatable bonds is 3. The average Bonchev–Trinajstić information content (AvgIpc) is 2.73. The zero-order chi connectivity index (χ0) is 14.1. The topological polar surface area (TPSA) is 59.5 Å². The van der Waals surface area contributed by atoms with Crippen LogP contribution < -0.4 is 9.64 Å². The van der Waals surface area contributed by atoms with Gasteiger partial charge in [-0.05, 0) is 25.1 Å². The second-order valence-electron chi connectivity index (χ2n) is 4.27. The fourth-order valence-electron chi connectivity index (χ4n) is 2.22. The van der Waals surface area contributed by atoms with Crippen LogP contribution in [-0.2, 0) is 0 Å². The molecule has 5 heteroatoms. The van der Waals surface area contributed by atoms with Crippen LogP contribution in [0.2, 0.25) is 0 Å². The van der Waals surface area contributed by atoms with Gasteiger partial charge in [0, 0.05) is 12.4 Å². The summed E-state index contributed by atoms with van der Waals surface area (Å²) >= 11 is 0. The number of anilines is 1. The minimum absolute atomic E-state index is 0.323. The first-order valence-electron chi connectivity index (χ1n) is 6.28. The fraction of sp³-hybridized carbons (Fsp3) is 0.133. The highest BCUT2D eigenvalue weighted by Gasteiger charge is 2.37. The highest BCUT2D eigenvalue weighted by Crippen LogP contribution is 2.34. The predicted molar refractivity (Wildman–Crippen MR) is 73.0 cm³/mol. The van der Waals surface area contributed by atoms with Crippen molar-refractivity contribution in [3.05, 3.63) is 53.9 Å². The van der Waals surface area contributed by atoms with Gasteiger partial charge in [-0.1, -0.05) is 12.1 Å². The molecule has 0 spiro atoms. The van der Waals surface area contributed by atoms with E-state index in [9.17, 15) is 9.59 Å². The molecule has 2 heterocycles. The average molecular weight is 268 g/mol. The van der Waals surface area contributed by atoms with E-state index in [0.29, 0.717) is 29.2 Å². The van der Waals surface area contributed by atoms with Crippen molar-refractivity contribution in [1.82, 2.24) is 4.98 Å². The van der Waals surface area contributed by atoms with Gasteiger partial charge in [-0.2, -0.15) is 0 Å². The Balaban J connectivity index is 2.10. The van der Waals surface area contributed by atoms with Gasteiger partial charge in [-0.3, -0.25) is 14.6 Å². The van der Waals surface area contributed by atoms with E-state index in [2.05, 4.69) is 4.98 Å². The summed E-state index contributed by atoms with van der Waals surface area (Å²) in [5.74, 6) is -0.206. The molecule has 0 unspecified atom stereocenters. The van der Waals surface area contributed by atoms with Crippen molar-refractivity contribution in [2.75, 3.05) is 11.5 Å². The highest BCUT2D eigenvalue weighted by molar-refractivity contribution is 6.34. The van der Waals surface area contributed by atoms with Crippen molar-refractivity contribution in [3.63, 3.8) is 0 Å². The molecule has 20 heavy (non-hydrogen) atoms. The number of hydrogen-bond donors (Lipinski definition) is 0. The number of benzene rings is 1. The fourth-order valence-corrected chi connectivity index (χ4v) is 2.22. The van der Waals surface area contributed by atoms with Crippen LogP contribution in [0.3, 0.4) is 0 Å². The molecular weight excluding hydrogens is 256 g/mol. The summed E-state index contributed by atoms with van der Waals surface area (Å²) in [5.41, 5.74) is 1.15. The smallest absolute Gasteiger partial charge is 0.267 e. The van der Waals surface area contributed by atoms with Crippen LogP contribution in [0.15, 0.2) is 42.7 Å². The normalized spacial score (nSPS) is 13.6. The zero-order valence-corrected chi connectivity index (χ0v) is 10.9. The van der Waals surface area contributed by atoms with E-state index in [0.717, 1.165) is 4.90 Å². The molecule has 1 aromatic heterocycles. The summed E-state index contributed by atoms with van der Waals surface area (Å²) in [6.07, 6.45) is 2.92. The van der Waals surface area contributed by atoms with E-state index < -0.39 is 0 Å². The van der Waals surface area contributed by atoms with Gasteiger partial charge in [-0.15, -0.1) is 0 Å². The first-order valence-corrected chi connectivity index (χ1v) is 6.28. The highest BCUT2D eigenvalue weighted by atomic mass is 16.5. The van der Waals surface area contributed by atoms with E-state index in [1.165, 1.54) is 12.4 Å². The lowest BCUT2D eigenvalue weighted by atomic mass is 10.2. The molecule has 1 aliphatic heterocycles. The third-order valence-electron chi connectivity index (χ3n) is 3.09. The molecule has 2 amide bonds. The number of carbonyl (C=O) groups excluding carboxylic acids is 2. The van der Waals surface area contributed by atoms with Gasteiger partial charge in [0.15, 0.2) is 0 Å². The molecule has 0 atom stereocenters. The van der Waals surface area contributed by atoms with Crippen molar-refractivity contribution >= 4 is 17.5 Å². The number of nitrogens with zero attached hydrogens (tertiary/aromatic N) is 2. The molecule has 0 bridgehead atoms. The van der Waals surface area contributed by atoms with E-state index >= 15 is 0 Å². The molecule has 1 aromatic carbocycles. The zero-order valence-electron chi connectivity index (χ0n) is 10.9. The molecule has 2 aromatic rings. The molecule has 5 nitrogen and oxygen atoms in total. The monoisotopic (exact) mass is 268 g/mol. The lowest BCUT2D eigenvalue weighted by molar-refractivity contribution is 0.0925. The third-order valence-corrected chi connectivity index (χ3v) is 3.09. The second kappa shape index (κ2) is 4.77. The molecule has 0 aliphatic carbocycles. The van der Waals surface area contributed by atoms with Gasteiger partial charge in [0.2, 0.25) is 0 Å². The maximum Gasteiger partial charge on any atom is 0.267 e. The SMILES string of the molecule is CCOc1ccccc1N1C(=O)c2ccncc2C1=O. The van der Waals surface area contributed by atoms with Crippen LogP contribution in [0, 0.1) is 0 Å². The van der Waals surface area contributed by atoms with E-state index in [4.69, 9.17) is 4.74 Å². The number of amides is 2. The standard InChI is InChI=1S/C15H12N2O3/c1-2-20-13-6-4-3-5-12(13)17-14(18)10-7-8-16-9-11(10)15(17)19/h3-9H,2H2,1H3. The summed E-state index contributed by atoms with van der Waals surface area (Å²) < 4.78 is 5.48. The van der Waals surface area contributed by atoms with Crippen LogP contribution in [0.25, 0.3) is 0 Å². The van der Waals surface area contributed by atoms with Crippen LogP contribution in [0.5, 0.6) is 5.75 Å². The number of ether oxygens (including phenoxy) is 1. The number of hydrogen-bond acceptors (Lipinski definition) is 4. The van der Waals surface area contributed by atoms with Crippen molar-refractivity contribution in [2.24, 2.45) is 0 Å². The van der Waals surface area contributed by atoms with Gasteiger partial charge >= 0.3 is 0 Å². The van der Waals surface area contributed by atoms with E-state index in [1.807, 2.05) is 6.92 Å². The van der Waals surface area contributed by atoms with E-state index in [1.54, 1.807) is 30.3 Å². The van der Waals surface area contributed by atoms with E-state index in [-0.39, 0.29) is 11.8 Å². The summed E-state index contributed by atoms with van der Waals surface area (Å²) in [6.45, 7) is 2.31. The van der Waals surface area contributed by atoms with Crippen molar-refractivity contribution < 1.29 is 14.3 Å². The first-order chi connectivity index (χ1) is 9.74. The minimum atomic E-state index is -0.370. The number of carbonyl (C=O) groups is 2. The maximum absolute atomic E-state index is 12.4. The Labute approximate surface area is 115 Å². The lowest BCUT2D eigenvalue weighted by Crippen LogP contribution is -2.29.